The van der Waals surface area contributed by atoms with Crippen molar-refractivity contribution in [3.05, 3.63) is 17.2 Å². The van der Waals surface area contributed by atoms with Crippen molar-refractivity contribution < 1.29 is 4.74 Å². The van der Waals surface area contributed by atoms with Gasteiger partial charge in [-0.15, -0.1) is 0 Å². The minimum absolute atomic E-state index is 0.449. The van der Waals surface area contributed by atoms with Gasteiger partial charge in [-0.2, -0.15) is 5.10 Å². The van der Waals surface area contributed by atoms with Gasteiger partial charge in [-0.25, -0.2) is 0 Å². The molecule has 0 atom stereocenters. The number of nitrogen functional groups attached to an aromatic ring is 1. The third-order valence-electron chi connectivity index (χ3n) is 1.88. The lowest BCUT2D eigenvalue weighted by Gasteiger charge is -2.02. The van der Waals surface area contributed by atoms with E-state index in [9.17, 15) is 0 Å². The highest BCUT2D eigenvalue weighted by Gasteiger charge is 2.10. The molecule has 0 spiro atoms. The number of H-pyrrole nitrogens is 1. The molecule has 4 nitrogen and oxygen atoms in total. The van der Waals surface area contributed by atoms with E-state index in [-0.39, 0.29) is 0 Å². The first-order valence-electron chi connectivity index (χ1n) is 3.70. The van der Waals surface area contributed by atoms with Crippen molar-refractivity contribution in [1.82, 2.24) is 10.2 Å². The first-order valence-corrected chi connectivity index (χ1v) is 4.08. The largest absolute Gasteiger partial charge is 0.493 e. The van der Waals surface area contributed by atoms with E-state index in [1.807, 2.05) is 0 Å². The number of rotatable bonds is 1. The summed E-state index contributed by atoms with van der Waals surface area (Å²) in [5.74, 6) is 1.02. The first-order chi connectivity index (χ1) is 6.24. The van der Waals surface area contributed by atoms with Crippen LogP contribution >= 0.6 is 11.6 Å². The quantitative estimate of drug-likeness (QED) is 0.733. The zero-order valence-electron chi connectivity index (χ0n) is 6.97. The molecule has 0 aliphatic heterocycles. The Labute approximate surface area is 79.6 Å². The smallest absolute Gasteiger partial charge is 0.163 e. The summed E-state index contributed by atoms with van der Waals surface area (Å²) in [6, 6.07) is 3.54. The molecule has 1 aromatic carbocycles. The number of nitrogens with one attached hydrogen (secondary N) is 1. The highest BCUT2D eigenvalue weighted by Crippen LogP contribution is 2.33. The molecule has 0 unspecified atom stereocenters. The van der Waals surface area contributed by atoms with Crippen LogP contribution in [-0.2, 0) is 0 Å². The molecule has 68 valence electrons. The summed E-state index contributed by atoms with van der Waals surface area (Å²) in [6.45, 7) is 0. The molecular formula is C8H8ClN3O. The maximum Gasteiger partial charge on any atom is 0.163 e. The number of halogens is 1. The van der Waals surface area contributed by atoms with Gasteiger partial charge in [0.2, 0.25) is 0 Å². The summed E-state index contributed by atoms with van der Waals surface area (Å²) in [7, 11) is 1.55. The van der Waals surface area contributed by atoms with Gasteiger partial charge in [0.25, 0.3) is 0 Å². The number of anilines is 1. The van der Waals surface area contributed by atoms with Gasteiger partial charge in [-0.05, 0) is 12.1 Å². The monoisotopic (exact) mass is 197 g/mol. The third-order valence-corrected chi connectivity index (χ3v) is 2.18. The maximum absolute atomic E-state index is 5.90. The minimum Gasteiger partial charge on any atom is -0.493 e. The zero-order chi connectivity index (χ0) is 9.42. The molecule has 5 heteroatoms. The van der Waals surface area contributed by atoms with Crippen LogP contribution in [0.3, 0.4) is 0 Å². The lowest BCUT2D eigenvalue weighted by Crippen LogP contribution is -1.86. The molecule has 1 heterocycles. The second-order valence-electron chi connectivity index (χ2n) is 2.61. The molecule has 0 bridgehead atoms. The van der Waals surface area contributed by atoms with Crippen LogP contribution in [0.2, 0.25) is 5.02 Å². The van der Waals surface area contributed by atoms with Crippen LogP contribution in [0.15, 0.2) is 12.1 Å². The van der Waals surface area contributed by atoms with Gasteiger partial charge in [0.05, 0.1) is 12.1 Å². The van der Waals surface area contributed by atoms with Gasteiger partial charge in [0, 0.05) is 5.39 Å². The van der Waals surface area contributed by atoms with Crippen LogP contribution in [0.5, 0.6) is 5.75 Å². The summed E-state index contributed by atoms with van der Waals surface area (Å²) < 4.78 is 5.11. The molecular weight excluding hydrogens is 190 g/mol. The Morgan fingerprint density at radius 2 is 2.31 bits per heavy atom. The number of ether oxygens (including phenoxy) is 1. The molecule has 0 fully saturated rings. The summed E-state index contributed by atoms with van der Waals surface area (Å²) in [5.41, 5.74) is 6.34. The topological polar surface area (TPSA) is 63.9 Å². The molecule has 2 aromatic rings. The molecule has 2 rings (SSSR count). The Morgan fingerprint density at radius 1 is 1.54 bits per heavy atom. The van der Waals surface area contributed by atoms with E-state index < -0.39 is 0 Å². The number of aromatic nitrogens is 2. The maximum atomic E-state index is 5.90. The predicted molar refractivity (Wildman–Crippen MR) is 52.1 cm³/mol. The highest BCUT2D eigenvalue weighted by atomic mass is 35.5. The van der Waals surface area contributed by atoms with Crippen LogP contribution in [0, 0.1) is 0 Å². The van der Waals surface area contributed by atoms with Crippen molar-refractivity contribution in [3.8, 4) is 5.75 Å². The van der Waals surface area contributed by atoms with E-state index in [1.165, 1.54) is 0 Å². The van der Waals surface area contributed by atoms with Crippen LogP contribution in [0.1, 0.15) is 0 Å². The average molecular weight is 198 g/mol. The van der Waals surface area contributed by atoms with E-state index in [1.54, 1.807) is 19.2 Å². The number of hydrogen-bond acceptors (Lipinski definition) is 3. The fourth-order valence-electron chi connectivity index (χ4n) is 1.26. The van der Waals surface area contributed by atoms with Crippen molar-refractivity contribution in [1.29, 1.82) is 0 Å². The SMILES string of the molecule is COc1c(Cl)ccc2c(N)n[nH]c12. The Kier molecular flexibility index (Phi) is 1.77. The lowest BCUT2D eigenvalue weighted by molar-refractivity contribution is 0.419. The Hall–Kier alpha value is -1.42. The van der Waals surface area contributed by atoms with E-state index in [0.717, 1.165) is 10.9 Å². The number of fused-ring (bicyclic) bond motifs is 1. The van der Waals surface area contributed by atoms with Crippen LogP contribution in [-0.4, -0.2) is 17.3 Å². The predicted octanol–water partition coefficient (Wildman–Crippen LogP) is 1.81. The summed E-state index contributed by atoms with van der Waals surface area (Å²) in [6.07, 6.45) is 0. The standard InChI is InChI=1S/C8H8ClN3O/c1-13-7-5(9)3-2-4-6(7)11-12-8(4)10/h2-3H,1H3,(H3,10,11,12). The first kappa shape index (κ1) is 8.19. The number of methoxy groups -OCH3 is 1. The molecule has 0 radical (unpaired) electrons. The van der Waals surface area contributed by atoms with Crippen LogP contribution < -0.4 is 10.5 Å². The van der Waals surface area contributed by atoms with Gasteiger partial charge in [0.15, 0.2) is 11.6 Å². The second-order valence-corrected chi connectivity index (χ2v) is 3.02. The number of nitrogens with two attached hydrogens (primary N) is 1. The molecule has 3 N–H and O–H groups in total. The summed E-state index contributed by atoms with van der Waals surface area (Å²) in [4.78, 5) is 0. The van der Waals surface area contributed by atoms with E-state index in [0.29, 0.717) is 16.6 Å². The molecule has 0 saturated heterocycles. The van der Waals surface area contributed by atoms with Crippen molar-refractivity contribution in [3.63, 3.8) is 0 Å². The van der Waals surface area contributed by atoms with Gasteiger partial charge in [-0.1, -0.05) is 11.6 Å². The van der Waals surface area contributed by atoms with Gasteiger partial charge < -0.3 is 10.5 Å². The molecule has 0 aliphatic carbocycles. The van der Waals surface area contributed by atoms with Gasteiger partial charge in [-0.3, -0.25) is 5.10 Å². The zero-order valence-corrected chi connectivity index (χ0v) is 7.72. The van der Waals surface area contributed by atoms with Crippen molar-refractivity contribution in [2.75, 3.05) is 12.8 Å². The fourth-order valence-corrected chi connectivity index (χ4v) is 1.49. The average Bonchev–Trinajstić information content (AvgIpc) is 2.48. The number of benzene rings is 1. The second kappa shape index (κ2) is 2.81. The normalized spacial score (nSPS) is 10.6. The third kappa shape index (κ3) is 1.10. The molecule has 0 aliphatic rings. The molecule has 13 heavy (non-hydrogen) atoms. The van der Waals surface area contributed by atoms with Crippen LogP contribution in [0.25, 0.3) is 10.9 Å². The van der Waals surface area contributed by atoms with Gasteiger partial charge >= 0.3 is 0 Å². The van der Waals surface area contributed by atoms with Crippen molar-refractivity contribution >= 4 is 28.3 Å². The number of nitrogens with zero attached hydrogens (tertiary/aromatic N) is 1. The minimum atomic E-state index is 0.449. The van der Waals surface area contributed by atoms with Crippen LogP contribution in [0.4, 0.5) is 5.82 Å². The number of aromatic amines is 1. The molecule has 0 saturated carbocycles. The Bertz CT molecular complexity index is 452. The van der Waals surface area contributed by atoms with Gasteiger partial charge in [0.1, 0.15) is 5.52 Å². The van der Waals surface area contributed by atoms with E-state index in [4.69, 9.17) is 22.1 Å². The molecule has 0 amide bonds. The van der Waals surface area contributed by atoms with Crippen molar-refractivity contribution in [2.45, 2.75) is 0 Å². The highest BCUT2D eigenvalue weighted by molar-refractivity contribution is 6.33. The Balaban J connectivity index is 2.85. The fraction of sp³-hybridized carbons (Fsp3) is 0.125. The van der Waals surface area contributed by atoms with Crippen molar-refractivity contribution in [2.24, 2.45) is 0 Å². The van der Waals surface area contributed by atoms with E-state index in [2.05, 4.69) is 10.2 Å². The summed E-state index contributed by atoms with van der Waals surface area (Å²) in [5, 5.41) is 7.98. The summed E-state index contributed by atoms with van der Waals surface area (Å²) >= 11 is 5.90. The van der Waals surface area contributed by atoms with E-state index >= 15 is 0 Å². The Morgan fingerprint density at radius 3 is 3.00 bits per heavy atom. The lowest BCUT2D eigenvalue weighted by atomic mass is 10.2. The molecule has 1 aromatic heterocycles. The number of hydrogen-bond donors (Lipinski definition) is 2.